The Hall–Kier alpha value is -1.88. The maximum atomic E-state index is 12.2. The number of carbonyl (C=O) groups is 2. The number of hydrogen-bond donors (Lipinski definition) is 2. The Labute approximate surface area is 139 Å². The molecule has 0 aliphatic heterocycles. The van der Waals surface area contributed by atoms with E-state index in [2.05, 4.69) is 5.32 Å². The van der Waals surface area contributed by atoms with Gasteiger partial charge >= 0.3 is 0 Å². The summed E-state index contributed by atoms with van der Waals surface area (Å²) >= 11 is 0. The molecule has 0 aliphatic carbocycles. The normalized spacial score (nSPS) is 13.5. The second-order valence-electron chi connectivity index (χ2n) is 6.50. The first-order valence-electron chi connectivity index (χ1n) is 8.09. The molecule has 0 fully saturated rings. The van der Waals surface area contributed by atoms with E-state index in [1.807, 2.05) is 51.1 Å². The summed E-state index contributed by atoms with van der Waals surface area (Å²) in [5.74, 6) is 0.128. The number of benzene rings is 1. The van der Waals surface area contributed by atoms with Gasteiger partial charge < -0.3 is 16.0 Å². The van der Waals surface area contributed by atoms with Crippen molar-refractivity contribution < 1.29 is 9.59 Å². The average Bonchev–Trinajstić information content (AvgIpc) is 2.51. The van der Waals surface area contributed by atoms with Gasteiger partial charge in [0.1, 0.15) is 0 Å². The molecular formula is C18H29N3O2. The highest BCUT2D eigenvalue weighted by atomic mass is 16.2. The summed E-state index contributed by atoms with van der Waals surface area (Å²) in [7, 11) is 0. The Kier molecular flexibility index (Phi) is 7.23. The largest absolute Gasteiger partial charge is 0.349 e. The molecule has 0 saturated heterocycles. The van der Waals surface area contributed by atoms with Gasteiger partial charge in [0.05, 0.1) is 5.54 Å². The van der Waals surface area contributed by atoms with Crippen molar-refractivity contribution in [2.75, 3.05) is 13.1 Å². The summed E-state index contributed by atoms with van der Waals surface area (Å²) in [4.78, 5) is 25.7. The topological polar surface area (TPSA) is 75.4 Å². The first-order valence-corrected chi connectivity index (χ1v) is 8.09. The van der Waals surface area contributed by atoms with Crippen LogP contribution in [0.1, 0.15) is 39.7 Å². The number of carbonyl (C=O) groups excluding carboxylic acids is 2. The maximum Gasteiger partial charge on any atom is 0.222 e. The second kappa shape index (κ2) is 8.67. The molecular weight excluding hydrogens is 290 g/mol. The summed E-state index contributed by atoms with van der Waals surface area (Å²) in [5.41, 5.74) is 6.42. The molecule has 1 atom stereocenters. The monoisotopic (exact) mass is 319 g/mol. The highest BCUT2D eigenvalue weighted by molar-refractivity contribution is 5.78. The molecule has 0 saturated carbocycles. The lowest BCUT2D eigenvalue weighted by Crippen LogP contribution is -2.55. The van der Waals surface area contributed by atoms with Crippen LogP contribution >= 0.6 is 0 Å². The Morgan fingerprint density at radius 3 is 2.35 bits per heavy atom. The van der Waals surface area contributed by atoms with Crippen LogP contribution < -0.4 is 11.1 Å². The second-order valence-corrected chi connectivity index (χ2v) is 6.50. The summed E-state index contributed by atoms with van der Waals surface area (Å²) in [6.07, 6.45) is 0.273. The summed E-state index contributed by atoms with van der Waals surface area (Å²) in [6, 6.07) is 9.76. The first kappa shape index (κ1) is 19.2. The van der Waals surface area contributed by atoms with Crippen LogP contribution in [0.4, 0.5) is 0 Å². The number of rotatable bonds is 8. The molecule has 1 aromatic rings. The minimum absolute atomic E-state index is 0.0351. The number of amides is 2. The van der Waals surface area contributed by atoms with Crippen LogP contribution in [0, 0.1) is 5.92 Å². The highest BCUT2D eigenvalue weighted by Crippen LogP contribution is 2.15. The minimum atomic E-state index is -0.419. The molecule has 5 heteroatoms. The van der Waals surface area contributed by atoms with Gasteiger partial charge in [0.15, 0.2) is 0 Å². The molecule has 0 aromatic heterocycles. The zero-order valence-electron chi connectivity index (χ0n) is 14.6. The first-order chi connectivity index (χ1) is 10.8. The van der Waals surface area contributed by atoms with E-state index >= 15 is 0 Å². The van der Waals surface area contributed by atoms with Gasteiger partial charge in [-0.25, -0.2) is 0 Å². The lowest BCUT2D eigenvalue weighted by Gasteiger charge is -2.34. The fraction of sp³-hybridized carbons (Fsp3) is 0.556. The van der Waals surface area contributed by atoms with Gasteiger partial charge in [0, 0.05) is 33.0 Å². The van der Waals surface area contributed by atoms with Crippen LogP contribution in [0.3, 0.4) is 0 Å². The van der Waals surface area contributed by atoms with Gasteiger partial charge in [-0.05, 0) is 18.4 Å². The van der Waals surface area contributed by atoms with Crippen molar-refractivity contribution >= 4 is 11.8 Å². The molecule has 23 heavy (non-hydrogen) atoms. The van der Waals surface area contributed by atoms with Gasteiger partial charge in [0.25, 0.3) is 0 Å². The van der Waals surface area contributed by atoms with Crippen LogP contribution in [0.5, 0.6) is 0 Å². The predicted octanol–water partition coefficient (Wildman–Crippen LogP) is 1.91. The van der Waals surface area contributed by atoms with Crippen molar-refractivity contribution in [2.24, 2.45) is 11.7 Å². The van der Waals surface area contributed by atoms with Crippen LogP contribution in [0.25, 0.3) is 0 Å². The smallest absolute Gasteiger partial charge is 0.222 e. The standard InChI is InChI=1S/C18H29N3O2/c1-14(2)18(4,13-19)20-17(23)10-11-21(15(3)22)12-16-8-6-5-7-9-16/h5-9,14H,10-13,19H2,1-4H3,(H,20,23). The molecule has 128 valence electrons. The van der Waals surface area contributed by atoms with E-state index in [-0.39, 0.29) is 24.2 Å². The van der Waals surface area contributed by atoms with E-state index in [1.54, 1.807) is 4.90 Å². The fourth-order valence-electron chi connectivity index (χ4n) is 2.20. The summed E-state index contributed by atoms with van der Waals surface area (Å²) < 4.78 is 0. The van der Waals surface area contributed by atoms with Gasteiger partial charge in [-0.2, -0.15) is 0 Å². The number of nitrogens with one attached hydrogen (secondary N) is 1. The third-order valence-electron chi connectivity index (χ3n) is 4.39. The highest BCUT2D eigenvalue weighted by Gasteiger charge is 2.28. The molecule has 1 unspecified atom stereocenters. The zero-order valence-corrected chi connectivity index (χ0v) is 14.6. The molecule has 0 heterocycles. The van der Waals surface area contributed by atoms with Crippen molar-refractivity contribution in [1.29, 1.82) is 0 Å². The zero-order chi connectivity index (χ0) is 17.5. The Balaban J connectivity index is 2.58. The van der Waals surface area contributed by atoms with E-state index in [0.717, 1.165) is 5.56 Å². The molecule has 0 aliphatic rings. The Bertz CT molecular complexity index is 516. The summed E-state index contributed by atoms with van der Waals surface area (Å²) in [6.45, 7) is 8.84. The van der Waals surface area contributed by atoms with Crippen LogP contribution in [0.15, 0.2) is 30.3 Å². The van der Waals surface area contributed by atoms with E-state index in [4.69, 9.17) is 5.73 Å². The molecule has 0 bridgehead atoms. The van der Waals surface area contributed by atoms with Gasteiger partial charge in [0.2, 0.25) is 11.8 Å². The van der Waals surface area contributed by atoms with E-state index in [9.17, 15) is 9.59 Å². The van der Waals surface area contributed by atoms with Gasteiger partial charge in [-0.15, -0.1) is 0 Å². The SMILES string of the molecule is CC(=O)N(CCC(=O)NC(C)(CN)C(C)C)Cc1ccccc1. The molecule has 0 spiro atoms. The minimum Gasteiger partial charge on any atom is -0.349 e. The van der Waals surface area contributed by atoms with Crippen molar-refractivity contribution in [3.63, 3.8) is 0 Å². The fourth-order valence-corrected chi connectivity index (χ4v) is 2.20. The molecule has 5 nitrogen and oxygen atoms in total. The van der Waals surface area contributed by atoms with Crippen molar-refractivity contribution in [1.82, 2.24) is 10.2 Å². The van der Waals surface area contributed by atoms with Crippen LogP contribution in [-0.2, 0) is 16.1 Å². The number of hydrogen-bond acceptors (Lipinski definition) is 3. The Morgan fingerprint density at radius 1 is 1.26 bits per heavy atom. The van der Waals surface area contributed by atoms with Crippen molar-refractivity contribution in [3.05, 3.63) is 35.9 Å². The molecule has 1 aromatic carbocycles. The molecule has 2 amide bonds. The summed E-state index contributed by atoms with van der Waals surface area (Å²) in [5, 5.41) is 3.00. The van der Waals surface area contributed by atoms with Gasteiger partial charge in [-0.1, -0.05) is 44.2 Å². The molecule has 1 rings (SSSR count). The lowest BCUT2D eigenvalue weighted by molar-refractivity contribution is -0.130. The van der Waals surface area contributed by atoms with E-state index in [0.29, 0.717) is 19.6 Å². The van der Waals surface area contributed by atoms with E-state index < -0.39 is 5.54 Å². The quantitative estimate of drug-likeness (QED) is 0.768. The van der Waals surface area contributed by atoms with Gasteiger partial charge in [-0.3, -0.25) is 9.59 Å². The Morgan fingerprint density at radius 2 is 1.87 bits per heavy atom. The molecule has 3 N–H and O–H groups in total. The van der Waals surface area contributed by atoms with Crippen molar-refractivity contribution in [2.45, 2.75) is 46.2 Å². The van der Waals surface area contributed by atoms with Crippen LogP contribution in [-0.4, -0.2) is 35.3 Å². The van der Waals surface area contributed by atoms with E-state index in [1.165, 1.54) is 6.92 Å². The number of nitrogens with two attached hydrogens (primary N) is 1. The maximum absolute atomic E-state index is 12.2. The van der Waals surface area contributed by atoms with Crippen LogP contribution in [0.2, 0.25) is 0 Å². The lowest BCUT2D eigenvalue weighted by atomic mass is 9.88. The third kappa shape index (κ3) is 6.02. The number of nitrogens with zero attached hydrogens (tertiary/aromatic N) is 1. The predicted molar refractivity (Wildman–Crippen MR) is 92.6 cm³/mol. The average molecular weight is 319 g/mol. The third-order valence-corrected chi connectivity index (χ3v) is 4.39. The van der Waals surface area contributed by atoms with Crippen molar-refractivity contribution in [3.8, 4) is 0 Å². The molecule has 0 radical (unpaired) electrons.